The number of rotatable bonds is 2. The first-order chi connectivity index (χ1) is 8.75. The first-order valence-electron chi connectivity index (χ1n) is 6.28. The molecular formula is C16H14O2. The molecule has 0 N–H and O–H groups in total. The minimum atomic E-state index is -0.344. The van der Waals surface area contributed by atoms with Crippen LogP contribution in [0.3, 0.4) is 0 Å². The highest BCUT2D eigenvalue weighted by atomic mass is 16.2. The summed E-state index contributed by atoms with van der Waals surface area (Å²) in [6, 6.07) is 9.90. The van der Waals surface area contributed by atoms with Crippen molar-refractivity contribution in [2.45, 2.75) is 12.8 Å². The molecular weight excluding hydrogens is 224 g/mol. The van der Waals surface area contributed by atoms with Gasteiger partial charge in [0.05, 0.1) is 5.92 Å². The lowest BCUT2D eigenvalue weighted by atomic mass is 9.86. The van der Waals surface area contributed by atoms with E-state index >= 15 is 0 Å². The lowest BCUT2D eigenvalue weighted by Gasteiger charge is -2.15. The molecule has 2 bridgehead atoms. The third-order valence-electron chi connectivity index (χ3n) is 3.75. The molecule has 90 valence electrons. The number of hydrogen-bond donors (Lipinski definition) is 0. The van der Waals surface area contributed by atoms with Crippen molar-refractivity contribution < 1.29 is 9.59 Å². The normalized spacial score (nSPS) is 26.8. The van der Waals surface area contributed by atoms with Gasteiger partial charge in [0.25, 0.3) is 0 Å². The Hall–Kier alpha value is -1.96. The zero-order valence-electron chi connectivity index (χ0n) is 10.0. The van der Waals surface area contributed by atoms with Crippen LogP contribution in [-0.4, -0.2) is 11.6 Å². The first-order valence-corrected chi connectivity index (χ1v) is 6.28. The average molecular weight is 238 g/mol. The van der Waals surface area contributed by atoms with Gasteiger partial charge in [-0.15, -0.1) is 0 Å². The lowest BCUT2D eigenvalue weighted by Crippen LogP contribution is -2.26. The maximum atomic E-state index is 11.9. The summed E-state index contributed by atoms with van der Waals surface area (Å²) in [6.45, 7) is 0. The Morgan fingerprint density at radius 3 is 2.44 bits per heavy atom. The molecule has 2 nitrogen and oxygen atoms in total. The zero-order chi connectivity index (χ0) is 12.5. The molecule has 0 heterocycles. The number of benzene rings is 1. The maximum absolute atomic E-state index is 11.9. The third kappa shape index (κ3) is 1.84. The van der Waals surface area contributed by atoms with Crippen molar-refractivity contribution in [2.24, 2.45) is 11.8 Å². The van der Waals surface area contributed by atoms with E-state index in [4.69, 9.17) is 0 Å². The summed E-state index contributed by atoms with van der Waals surface area (Å²) < 4.78 is 0. The van der Waals surface area contributed by atoms with Crippen molar-refractivity contribution in [2.75, 3.05) is 0 Å². The smallest absolute Gasteiger partial charge is 0.166 e. The van der Waals surface area contributed by atoms with Crippen LogP contribution in [0, 0.1) is 11.8 Å². The fraction of sp³-hybridized carbons (Fsp3) is 0.250. The van der Waals surface area contributed by atoms with Crippen LogP contribution in [0.4, 0.5) is 0 Å². The van der Waals surface area contributed by atoms with E-state index in [1.165, 1.54) is 0 Å². The molecule has 0 aliphatic heterocycles. The highest BCUT2D eigenvalue weighted by Crippen LogP contribution is 2.38. The molecule has 1 fully saturated rings. The minimum Gasteiger partial charge on any atom is -0.298 e. The van der Waals surface area contributed by atoms with Gasteiger partial charge in [-0.25, -0.2) is 0 Å². The van der Waals surface area contributed by atoms with Crippen molar-refractivity contribution in [1.82, 2.24) is 0 Å². The second-order valence-corrected chi connectivity index (χ2v) is 4.88. The van der Waals surface area contributed by atoms with Crippen molar-refractivity contribution in [3.05, 3.63) is 53.6 Å². The zero-order valence-corrected chi connectivity index (χ0v) is 10.0. The van der Waals surface area contributed by atoms with E-state index in [1.54, 1.807) is 6.08 Å². The Balaban J connectivity index is 1.87. The molecule has 0 spiro atoms. The molecule has 0 radical (unpaired) electrons. The van der Waals surface area contributed by atoms with Gasteiger partial charge in [-0.05, 0) is 30.1 Å². The number of Topliss-reactive ketones (excluding diaryl/α,β-unsaturated/α-hetero) is 1. The fourth-order valence-corrected chi connectivity index (χ4v) is 2.76. The SMILES string of the molecule is O=C1C=C(/C=C/c2ccccc2)[C@H]2CC[C@@H]1C2=O. The van der Waals surface area contributed by atoms with Crippen LogP contribution in [0.25, 0.3) is 6.08 Å². The van der Waals surface area contributed by atoms with E-state index < -0.39 is 0 Å². The molecule has 0 unspecified atom stereocenters. The van der Waals surface area contributed by atoms with Crippen LogP contribution in [0.15, 0.2) is 48.1 Å². The molecule has 18 heavy (non-hydrogen) atoms. The predicted molar refractivity (Wildman–Crippen MR) is 69.8 cm³/mol. The number of fused-ring (bicyclic) bond motifs is 2. The van der Waals surface area contributed by atoms with Crippen LogP contribution in [0.1, 0.15) is 18.4 Å². The fourth-order valence-electron chi connectivity index (χ4n) is 2.76. The Morgan fingerprint density at radius 2 is 1.67 bits per heavy atom. The lowest BCUT2D eigenvalue weighted by molar-refractivity contribution is -0.130. The average Bonchev–Trinajstić information content (AvgIpc) is 2.68. The number of ketones is 2. The maximum Gasteiger partial charge on any atom is 0.166 e. The molecule has 0 saturated heterocycles. The summed E-state index contributed by atoms with van der Waals surface area (Å²) in [6.07, 6.45) is 7.08. The van der Waals surface area contributed by atoms with E-state index in [1.807, 2.05) is 42.5 Å². The Morgan fingerprint density at radius 1 is 0.944 bits per heavy atom. The predicted octanol–water partition coefficient (Wildman–Crippen LogP) is 2.80. The molecule has 2 aliphatic rings. The summed E-state index contributed by atoms with van der Waals surface area (Å²) in [5.41, 5.74) is 1.96. The van der Waals surface area contributed by atoms with Crippen molar-refractivity contribution >= 4 is 17.6 Å². The molecule has 0 amide bonds. The van der Waals surface area contributed by atoms with Gasteiger partial charge >= 0.3 is 0 Å². The summed E-state index contributed by atoms with van der Waals surface area (Å²) >= 11 is 0. The summed E-state index contributed by atoms with van der Waals surface area (Å²) in [7, 11) is 0. The van der Waals surface area contributed by atoms with Crippen LogP contribution >= 0.6 is 0 Å². The first kappa shape index (κ1) is 11.1. The largest absolute Gasteiger partial charge is 0.298 e. The Kier molecular flexibility index (Phi) is 2.71. The highest BCUT2D eigenvalue weighted by molar-refractivity contribution is 6.14. The van der Waals surface area contributed by atoms with Gasteiger partial charge in [-0.1, -0.05) is 42.5 Å². The van der Waals surface area contributed by atoms with Gasteiger partial charge in [0.15, 0.2) is 11.6 Å². The Labute approximate surface area is 106 Å². The quantitative estimate of drug-likeness (QED) is 0.742. The van der Waals surface area contributed by atoms with Gasteiger partial charge in [0.2, 0.25) is 0 Å². The van der Waals surface area contributed by atoms with Crippen LogP contribution in [0.2, 0.25) is 0 Å². The van der Waals surface area contributed by atoms with Crippen molar-refractivity contribution in [3.8, 4) is 0 Å². The highest BCUT2D eigenvalue weighted by Gasteiger charge is 2.42. The van der Waals surface area contributed by atoms with Gasteiger partial charge in [-0.3, -0.25) is 9.59 Å². The van der Waals surface area contributed by atoms with Gasteiger partial charge < -0.3 is 0 Å². The second kappa shape index (κ2) is 4.37. The van der Waals surface area contributed by atoms with E-state index in [2.05, 4.69) is 0 Å². The topological polar surface area (TPSA) is 34.1 Å². The minimum absolute atomic E-state index is 0.0125. The number of allylic oxidation sites excluding steroid dienone is 3. The monoisotopic (exact) mass is 238 g/mol. The van der Waals surface area contributed by atoms with Crippen LogP contribution in [-0.2, 0) is 9.59 Å². The molecule has 3 rings (SSSR count). The van der Waals surface area contributed by atoms with Gasteiger partial charge in [-0.2, -0.15) is 0 Å². The Bertz CT molecular complexity index is 552. The molecule has 2 aliphatic carbocycles. The number of carbonyl (C=O) groups excluding carboxylic acids is 2. The van der Waals surface area contributed by atoms with E-state index in [9.17, 15) is 9.59 Å². The molecule has 2 atom stereocenters. The van der Waals surface area contributed by atoms with E-state index in [0.29, 0.717) is 0 Å². The van der Waals surface area contributed by atoms with E-state index in [-0.39, 0.29) is 23.4 Å². The third-order valence-corrected chi connectivity index (χ3v) is 3.75. The molecule has 0 aromatic heterocycles. The molecule has 1 aromatic rings. The van der Waals surface area contributed by atoms with Crippen LogP contribution < -0.4 is 0 Å². The standard InChI is InChI=1S/C16H14O2/c17-15-10-12(13-8-9-14(15)16(13)18)7-6-11-4-2-1-3-5-11/h1-7,10,13-14H,8-9H2/b7-6+/t13-,14+/m1/s1. The molecule has 2 heteroatoms. The van der Waals surface area contributed by atoms with Gasteiger partial charge in [0, 0.05) is 5.92 Å². The van der Waals surface area contributed by atoms with Crippen molar-refractivity contribution in [3.63, 3.8) is 0 Å². The number of carbonyl (C=O) groups is 2. The summed E-state index contributed by atoms with van der Waals surface area (Å²) in [4.78, 5) is 23.7. The van der Waals surface area contributed by atoms with Crippen LogP contribution in [0.5, 0.6) is 0 Å². The van der Waals surface area contributed by atoms with E-state index in [0.717, 1.165) is 24.0 Å². The molecule has 1 aromatic carbocycles. The second-order valence-electron chi connectivity index (χ2n) is 4.88. The van der Waals surface area contributed by atoms with Crippen molar-refractivity contribution in [1.29, 1.82) is 0 Å². The van der Waals surface area contributed by atoms with Gasteiger partial charge in [0.1, 0.15) is 0 Å². The molecule has 1 saturated carbocycles. The summed E-state index contributed by atoms with van der Waals surface area (Å²) in [5, 5.41) is 0. The number of hydrogen-bond acceptors (Lipinski definition) is 2. The summed E-state index contributed by atoms with van der Waals surface area (Å²) in [5.74, 6) is -0.284.